The van der Waals surface area contributed by atoms with E-state index in [0.29, 0.717) is 11.4 Å². The van der Waals surface area contributed by atoms with Gasteiger partial charge in [0.2, 0.25) is 5.91 Å². The maximum absolute atomic E-state index is 13.4. The van der Waals surface area contributed by atoms with Crippen molar-refractivity contribution in [3.63, 3.8) is 0 Å². The zero-order valence-electron chi connectivity index (χ0n) is 17.4. The zero-order chi connectivity index (χ0) is 21.8. The molecular formula is C25H23N3O2S. The molecule has 0 fully saturated rings. The van der Waals surface area contributed by atoms with E-state index in [1.54, 1.807) is 9.36 Å². The highest BCUT2D eigenvalue weighted by Crippen LogP contribution is 2.36. The molecule has 3 aromatic carbocycles. The number of thioether (sulfide) groups is 1. The second-order valence-electron chi connectivity index (χ2n) is 7.15. The van der Waals surface area contributed by atoms with Crippen LogP contribution in [0.3, 0.4) is 0 Å². The standard InChI is InChI=1S/C25H23N3O2S/c1-18-22(25(30)28(27(18)2)20-14-8-4-9-15-20)26-24(29)23(19-12-6-3-7-13-19)31-21-16-10-5-11-17-21/h3-17,23H,1-2H3,(H,26,29)/t23-/m1/s1. The van der Waals surface area contributed by atoms with Crippen LogP contribution in [-0.4, -0.2) is 15.3 Å². The van der Waals surface area contributed by atoms with Crippen LogP contribution >= 0.6 is 11.8 Å². The minimum Gasteiger partial charge on any atom is -0.319 e. The van der Waals surface area contributed by atoms with Crippen molar-refractivity contribution in [2.75, 3.05) is 5.32 Å². The third-order valence-electron chi connectivity index (χ3n) is 5.14. The summed E-state index contributed by atoms with van der Waals surface area (Å²) in [5.74, 6) is -0.230. The van der Waals surface area contributed by atoms with Gasteiger partial charge in [0.25, 0.3) is 5.56 Å². The van der Waals surface area contributed by atoms with Crippen molar-refractivity contribution >= 4 is 23.4 Å². The SMILES string of the molecule is Cc1c(NC(=O)[C@H](Sc2ccccc2)c2ccccc2)c(=O)n(-c2ccccc2)n1C. The number of nitrogens with one attached hydrogen (secondary N) is 1. The van der Waals surface area contributed by atoms with Gasteiger partial charge in [-0.15, -0.1) is 11.8 Å². The highest BCUT2D eigenvalue weighted by molar-refractivity contribution is 8.00. The monoisotopic (exact) mass is 429 g/mol. The van der Waals surface area contributed by atoms with Crippen molar-refractivity contribution in [2.24, 2.45) is 7.05 Å². The Kier molecular flexibility index (Phi) is 6.09. The number of para-hydroxylation sites is 1. The molecule has 31 heavy (non-hydrogen) atoms. The number of rotatable bonds is 6. The minimum absolute atomic E-state index is 0.230. The Labute approximate surface area is 185 Å². The summed E-state index contributed by atoms with van der Waals surface area (Å²) in [6.45, 7) is 1.83. The first-order valence-electron chi connectivity index (χ1n) is 9.98. The van der Waals surface area contributed by atoms with Crippen LogP contribution in [0.2, 0.25) is 0 Å². The molecule has 0 saturated heterocycles. The smallest absolute Gasteiger partial charge is 0.295 e. The Bertz CT molecular complexity index is 1230. The summed E-state index contributed by atoms with van der Waals surface area (Å²) in [6, 6.07) is 28.8. The lowest BCUT2D eigenvalue weighted by Gasteiger charge is -2.16. The van der Waals surface area contributed by atoms with Gasteiger partial charge in [0.05, 0.1) is 11.4 Å². The Hall–Kier alpha value is -3.51. The highest BCUT2D eigenvalue weighted by Gasteiger charge is 2.25. The van der Waals surface area contributed by atoms with E-state index in [-0.39, 0.29) is 11.5 Å². The van der Waals surface area contributed by atoms with Crippen LogP contribution in [0, 0.1) is 6.92 Å². The maximum Gasteiger partial charge on any atom is 0.295 e. The van der Waals surface area contributed by atoms with Crippen LogP contribution in [-0.2, 0) is 11.8 Å². The lowest BCUT2D eigenvalue weighted by atomic mass is 10.1. The predicted octanol–water partition coefficient (Wildman–Crippen LogP) is 4.96. The van der Waals surface area contributed by atoms with Crippen molar-refractivity contribution < 1.29 is 4.79 Å². The molecule has 1 heterocycles. The van der Waals surface area contributed by atoms with E-state index < -0.39 is 5.25 Å². The second kappa shape index (κ2) is 9.10. The van der Waals surface area contributed by atoms with Gasteiger partial charge in [0, 0.05) is 11.9 Å². The van der Waals surface area contributed by atoms with Crippen molar-refractivity contribution in [1.82, 2.24) is 9.36 Å². The van der Waals surface area contributed by atoms with Gasteiger partial charge in [-0.25, -0.2) is 4.68 Å². The van der Waals surface area contributed by atoms with E-state index in [2.05, 4.69) is 5.32 Å². The molecule has 4 rings (SSSR count). The minimum atomic E-state index is -0.493. The summed E-state index contributed by atoms with van der Waals surface area (Å²) in [4.78, 5) is 27.6. The van der Waals surface area contributed by atoms with E-state index in [4.69, 9.17) is 0 Å². The molecule has 5 nitrogen and oxygen atoms in total. The van der Waals surface area contributed by atoms with Gasteiger partial charge in [-0.3, -0.25) is 14.3 Å². The number of anilines is 1. The molecule has 1 N–H and O–H groups in total. The Morgan fingerprint density at radius 2 is 1.42 bits per heavy atom. The van der Waals surface area contributed by atoms with Crippen LogP contribution in [0.15, 0.2) is 101 Å². The Balaban J connectivity index is 1.69. The van der Waals surface area contributed by atoms with Gasteiger partial charge in [-0.05, 0) is 36.8 Å². The molecule has 6 heteroatoms. The molecule has 0 spiro atoms. The molecular weight excluding hydrogens is 406 g/mol. The van der Waals surface area contributed by atoms with E-state index in [0.717, 1.165) is 16.1 Å². The quantitative estimate of drug-likeness (QED) is 0.441. The first-order chi connectivity index (χ1) is 15.1. The molecule has 4 aromatic rings. The number of amides is 1. The molecule has 1 atom stereocenters. The molecule has 0 aliphatic rings. The molecule has 1 aromatic heterocycles. The number of carbonyl (C=O) groups excluding carboxylic acids is 1. The van der Waals surface area contributed by atoms with Gasteiger partial charge in [0.1, 0.15) is 10.9 Å². The van der Waals surface area contributed by atoms with Crippen LogP contribution in [0.4, 0.5) is 5.69 Å². The van der Waals surface area contributed by atoms with Gasteiger partial charge in [-0.1, -0.05) is 66.7 Å². The number of hydrogen-bond donors (Lipinski definition) is 1. The summed E-state index contributed by atoms with van der Waals surface area (Å²) in [5.41, 5.74) is 2.36. The van der Waals surface area contributed by atoms with Gasteiger partial charge in [-0.2, -0.15) is 0 Å². The lowest BCUT2D eigenvalue weighted by Crippen LogP contribution is -2.25. The predicted molar refractivity (Wildman–Crippen MR) is 126 cm³/mol. The summed E-state index contributed by atoms with van der Waals surface area (Å²) < 4.78 is 3.32. The average Bonchev–Trinajstić information content (AvgIpc) is 3.02. The van der Waals surface area contributed by atoms with Crippen LogP contribution in [0.25, 0.3) is 5.69 Å². The Morgan fingerprint density at radius 3 is 2.03 bits per heavy atom. The maximum atomic E-state index is 13.4. The largest absolute Gasteiger partial charge is 0.319 e. The highest BCUT2D eigenvalue weighted by atomic mass is 32.2. The van der Waals surface area contributed by atoms with Crippen molar-refractivity contribution in [1.29, 1.82) is 0 Å². The normalized spacial score (nSPS) is 11.8. The molecule has 0 radical (unpaired) electrons. The Morgan fingerprint density at radius 1 is 0.871 bits per heavy atom. The van der Waals surface area contributed by atoms with Gasteiger partial charge >= 0.3 is 0 Å². The van der Waals surface area contributed by atoms with Crippen LogP contribution in [0.1, 0.15) is 16.5 Å². The fraction of sp³-hybridized carbons (Fsp3) is 0.120. The van der Waals surface area contributed by atoms with E-state index in [9.17, 15) is 9.59 Å². The topological polar surface area (TPSA) is 56.0 Å². The fourth-order valence-corrected chi connectivity index (χ4v) is 4.48. The zero-order valence-corrected chi connectivity index (χ0v) is 18.2. The number of benzene rings is 3. The number of aromatic nitrogens is 2. The van der Waals surface area contributed by atoms with Crippen molar-refractivity contribution in [3.05, 3.63) is 113 Å². The molecule has 156 valence electrons. The molecule has 0 unspecified atom stereocenters. The number of nitrogens with zero attached hydrogens (tertiary/aromatic N) is 2. The van der Waals surface area contributed by atoms with E-state index in [1.165, 1.54) is 11.8 Å². The van der Waals surface area contributed by atoms with Crippen LogP contribution < -0.4 is 10.9 Å². The summed E-state index contributed by atoms with van der Waals surface area (Å²) in [7, 11) is 1.81. The van der Waals surface area contributed by atoms with Crippen molar-refractivity contribution in [2.45, 2.75) is 17.1 Å². The summed E-state index contributed by atoms with van der Waals surface area (Å²) in [6.07, 6.45) is 0. The molecule has 1 amide bonds. The lowest BCUT2D eigenvalue weighted by molar-refractivity contribution is -0.115. The third kappa shape index (κ3) is 4.34. The van der Waals surface area contributed by atoms with E-state index in [1.807, 2.05) is 105 Å². The van der Waals surface area contributed by atoms with Gasteiger partial charge in [0.15, 0.2) is 0 Å². The summed E-state index contributed by atoms with van der Waals surface area (Å²) >= 11 is 1.46. The first-order valence-corrected chi connectivity index (χ1v) is 10.9. The van der Waals surface area contributed by atoms with Crippen LogP contribution in [0.5, 0.6) is 0 Å². The van der Waals surface area contributed by atoms with Gasteiger partial charge < -0.3 is 5.32 Å². The molecule has 0 bridgehead atoms. The second-order valence-corrected chi connectivity index (χ2v) is 8.33. The fourth-order valence-electron chi connectivity index (χ4n) is 3.44. The first kappa shape index (κ1) is 20.8. The number of carbonyl (C=O) groups is 1. The molecule has 0 aliphatic heterocycles. The third-order valence-corrected chi connectivity index (χ3v) is 6.41. The summed E-state index contributed by atoms with van der Waals surface area (Å²) in [5, 5.41) is 2.42. The molecule has 0 aliphatic carbocycles. The average molecular weight is 430 g/mol. The molecule has 0 saturated carbocycles. The van der Waals surface area contributed by atoms with Crippen molar-refractivity contribution in [3.8, 4) is 5.69 Å². The van der Waals surface area contributed by atoms with E-state index >= 15 is 0 Å². The number of hydrogen-bond acceptors (Lipinski definition) is 3.